The van der Waals surface area contributed by atoms with Gasteiger partial charge in [0.05, 0.1) is 16.6 Å². The number of nitrogens with zero attached hydrogens (tertiary/aromatic N) is 1. The van der Waals surface area contributed by atoms with Crippen LogP contribution in [0.1, 0.15) is 26.3 Å². The predicted octanol–water partition coefficient (Wildman–Crippen LogP) is 8.95. The van der Waals surface area contributed by atoms with Crippen molar-refractivity contribution in [1.29, 1.82) is 0 Å². The van der Waals surface area contributed by atoms with Crippen LogP contribution >= 0.6 is 0 Å². The number of aromatic nitrogens is 1. The van der Waals surface area contributed by atoms with Gasteiger partial charge < -0.3 is 4.40 Å². The highest BCUT2D eigenvalue weighted by atomic mass is 14.9. The van der Waals surface area contributed by atoms with E-state index in [1.807, 2.05) is 0 Å². The van der Waals surface area contributed by atoms with Crippen molar-refractivity contribution in [2.45, 2.75) is 26.2 Å². The first-order valence-electron chi connectivity index (χ1n) is 11.7. The molecular weight excluding hydrogens is 398 g/mol. The number of fused-ring (bicyclic) bond motifs is 7. The van der Waals surface area contributed by atoms with E-state index >= 15 is 0 Å². The zero-order valence-electron chi connectivity index (χ0n) is 19.2. The lowest BCUT2D eigenvalue weighted by molar-refractivity contribution is 0.590. The molecule has 0 aliphatic carbocycles. The topological polar surface area (TPSA) is 4.41 Å². The molecule has 1 nitrogen and oxygen atoms in total. The van der Waals surface area contributed by atoms with Gasteiger partial charge in [0.1, 0.15) is 0 Å². The van der Waals surface area contributed by atoms with Gasteiger partial charge in [-0.15, -0.1) is 0 Å². The van der Waals surface area contributed by atoms with E-state index in [-0.39, 0.29) is 5.41 Å². The van der Waals surface area contributed by atoms with E-state index in [1.54, 1.807) is 0 Å². The molecule has 158 valence electrons. The maximum Gasteiger partial charge on any atom is 0.0620 e. The fraction of sp³-hybridized carbons (Fsp3) is 0.125. The Labute approximate surface area is 193 Å². The van der Waals surface area contributed by atoms with Gasteiger partial charge in [0.2, 0.25) is 0 Å². The molecule has 2 heterocycles. The maximum absolute atomic E-state index is 2.47. The second kappa shape index (κ2) is 6.36. The van der Waals surface area contributed by atoms with Crippen molar-refractivity contribution in [3.8, 4) is 11.1 Å². The van der Waals surface area contributed by atoms with Crippen molar-refractivity contribution >= 4 is 48.9 Å². The number of rotatable bonds is 1. The van der Waals surface area contributed by atoms with Gasteiger partial charge >= 0.3 is 0 Å². The molecule has 0 radical (unpaired) electrons. The Balaban J connectivity index is 1.52. The summed E-state index contributed by atoms with van der Waals surface area (Å²) in [5, 5.41) is 7.90. The molecule has 7 aromatic rings. The third-order valence-electron chi connectivity index (χ3n) is 7.27. The van der Waals surface area contributed by atoms with Crippen molar-refractivity contribution in [2.75, 3.05) is 0 Å². The monoisotopic (exact) mass is 423 g/mol. The smallest absolute Gasteiger partial charge is 0.0620 e. The number of benzene rings is 5. The molecule has 33 heavy (non-hydrogen) atoms. The minimum absolute atomic E-state index is 0.168. The molecule has 0 unspecified atom stereocenters. The Morgan fingerprint density at radius 3 is 1.85 bits per heavy atom. The van der Waals surface area contributed by atoms with E-state index in [9.17, 15) is 0 Å². The van der Waals surface area contributed by atoms with Gasteiger partial charge in [0.15, 0.2) is 0 Å². The lowest BCUT2D eigenvalue weighted by Gasteiger charge is -2.19. The Kier molecular flexibility index (Phi) is 3.60. The Morgan fingerprint density at radius 1 is 0.515 bits per heavy atom. The lowest BCUT2D eigenvalue weighted by atomic mass is 9.86. The molecule has 0 saturated heterocycles. The Bertz CT molecular complexity index is 1830. The van der Waals surface area contributed by atoms with Gasteiger partial charge in [-0.25, -0.2) is 0 Å². The third-order valence-corrected chi connectivity index (χ3v) is 7.27. The van der Waals surface area contributed by atoms with Crippen LogP contribution in [-0.4, -0.2) is 4.40 Å². The van der Waals surface area contributed by atoms with Crippen LogP contribution in [0.2, 0.25) is 0 Å². The van der Waals surface area contributed by atoms with E-state index in [4.69, 9.17) is 0 Å². The van der Waals surface area contributed by atoms with Gasteiger partial charge in [-0.05, 0) is 57.1 Å². The summed E-state index contributed by atoms with van der Waals surface area (Å²) in [5.41, 5.74) is 7.97. The van der Waals surface area contributed by atoms with Crippen molar-refractivity contribution in [3.63, 3.8) is 0 Å². The van der Waals surface area contributed by atoms with E-state index in [2.05, 4.69) is 122 Å². The number of hydrogen-bond acceptors (Lipinski definition) is 0. The minimum atomic E-state index is 0.168. The zero-order chi connectivity index (χ0) is 22.3. The standard InChI is InChI=1S/C32H25N/c1-32(2,3)24-14-11-20(12-15-24)23-13-16-29-27(18-23)25-9-6-10-26-28-17-21-7-4-5-8-22(21)19-30(28)33(29)31(25)26/h4-19H,1-3H3. The summed E-state index contributed by atoms with van der Waals surface area (Å²) >= 11 is 0. The summed E-state index contributed by atoms with van der Waals surface area (Å²) in [6, 6.07) is 36.1. The van der Waals surface area contributed by atoms with Crippen LogP contribution < -0.4 is 0 Å². The van der Waals surface area contributed by atoms with Crippen LogP contribution in [0.25, 0.3) is 60.0 Å². The predicted molar refractivity (Wildman–Crippen MR) is 143 cm³/mol. The van der Waals surface area contributed by atoms with Gasteiger partial charge in [-0.2, -0.15) is 0 Å². The van der Waals surface area contributed by atoms with E-state index in [0.29, 0.717) is 0 Å². The van der Waals surface area contributed by atoms with Crippen LogP contribution in [0.4, 0.5) is 0 Å². The average Bonchev–Trinajstić information content (AvgIpc) is 3.33. The van der Waals surface area contributed by atoms with Crippen LogP contribution in [0.3, 0.4) is 0 Å². The van der Waals surface area contributed by atoms with E-state index < -0.39 is 0 Å². The van der Waals surface area contributed by atoms with Crippen LogP contribution in [0, 0.1) is 0 Å². The highest BCUT2D eigenvalue weighted by molar-refractivity contribution is 6.24. The van der Waals surface area contributed by atoms with Crippen molar-refractivity contribution in [1.82, 2.24) is 4.40 Å². The van der Waals surface area contributed by atoms with Crippen LogP contribution in [0.5, 0.6) is 0 Å². The highest BCUT2D eigenvalue weighted by Gasteiger charge is 2.18. The lowest BCUT2D eigenvalue weighted by Crippen LogP contribution is -2.10. The molecular formula is C32H25N. The summed E-state index contributed by atoms with van der Waals surface area (Å²) in [6.45, 7) is 6.79. The highest BCUT2D eigenvalue weighted by Crippen LogP contribution is 2.41. The second-order valence-corrected chi connectivity index (χ2v) is 10.3. The van der Waals surface area contributed by atoms with Gasteiger partial charge in [-0.1, -0.05) is 93.6 Å². The van der Waals surface area contributed by atoms with Gasteiger partial charge in [0, 0.05) is 21.5 Å². The van der Waals surface area contributed by atoms with Crippen molar-refractivity contribution < 1.29 is 0 Å². The molecule has 0 bridgehead atoms. The minimum Gasteiger partial charge on any atom is -0.308 e. The molecule has 0 amide bonds. The first-order valence-corrected chi connectivity index (χ1v) is 11.7. The van der Waals surface area contributed by atoms with Crippen molar-refractivity contribution in [3.05, 3.63) is 103 Å². The van der Waals surface area contributed by atoms with E-state index in [1.165, 1.54) is 65.6 Å². The van der Waals surface area contributed by atoms with Gasteiger partial charge in [-0.3, -0.25) is 0 Å². The fourth-order valence-electron chi connectivity index (χ4n) is 5.51. The first-order chi connectivity index (χ1) is 16.0. The second-order valence-electron chi connectivity index (χ2n) is 10.3. The molecule has 2 aromatic heterocycles. The molecule has 5 aromatic carbocycles. The SMILES string of the molecule is CC(C)(C)c1ccc(-c2ccc3c(c2)c2cccc4c5cc6ccccc6cc5n3c24)cc1. The Hall–Kier alpha value is -3.84. The number of para-hydroxylation sites is 1. The zero-order valence-corrected chi connectivity index (χ0v) is 19.2. The molecule has 0 atom stereocenters. The van der Waals surface area contributed by atoms with Gasteiger partial charge in [0.25, 0.3) is 0 Å². The molecule has 0 N–H and O–H groups in total. The van der Waals surface area contributed by atoms with Crippen LogP contribution in [-0.2, 0) is 5.41 Å². The summed E-state index contributed by atoms with van der Waals surface area (Å²) < 4.78 is 2.47. The molecule has 1 heteroatoms. The first kappa shape index (κ1) is 18.7. The largest absolute Gasteiger partial charge is 0.308 e. The van der Waals surface area contributed by atoms with E-state index in [0.717, 1.165) is 0 Å². The Morgan fingerprint density at radius 2 is 1.15 bits per heavy atom. The summed E-state index contributed by atoms with van der Waals surface area (Å²) in [7, 11) is 0. The normalized spacial score (nSPS) is 12.7. The average molecular weight is 424 g/mol. The fourth-order valence-corrected chi connectivity index (χ4v) is 5.51. The quantitative estimate of drug-likeness (QED) is 0.248. The maximum atomic E-state index is 2.47. The molecule has 7 rings (SSSR count). The number of hydrogen-bond donors (Lipinski definition) is 0. The molecule has 0 aliphatic heterocycles. The summed E-state index contributed by atoms with van der Waals surface area (Å²) in [4.78, 5) is 0. The molecule has 0 aliphatic rings. The molecule has 0 saturated carbocycles. The summed E-state index contributed by atoms with van der Waals surface area (Å²) in [5.74, 6) is 0. The summed E-state index contributed by atoms with van der Waals surface area (Å²) in [6.07, 6.45) is 0. The van der Waals surface area contributed by atoms with Crippen molar-refractivity contribution in [2.24, 2.45) is 0 Å². The molecule has 0 spiro atoms. The molecule has 0 fully saturated rings. The van der Waals surface area contributed by atoms with Crippen LogP contribution in [0.15, 0.2) is 97.1 Å². The third kappa shape index (κ3) is 2.60.